The third-order valence-electron chi connectivity index (χ3n) is 4.30. The highest BCUT2D eigenvalue weighted by Gasteiger charge is 2.10. The number of primary amides is 1. The Hall–Kier alpha value is -4.74. The number of nitrogens with one attached hydrogen (secondary N) is 1. The lowest BCUT2D eigenvalue weighted by atomic mass is 10.2. The van der Waals surface area contributed by atoms with Crippen LogP contribution in [0.5, 0.6) is 11.5 Å². The summed E-state index contributed by atoms with van der Waals surface area (Å²) in [5, 5.41) is 18.8. The molecule has 2 amide bonds. The summed E-state index contributed by atoms with van der Waals surface area (Å²) in [7, 11) is 1.46. The summed E-state index contributed by atoms with van der Waals surface area (Å²) in [4.78, 5) is 33.5. The number of benzene rings is 2. The van der Waals surface area contributed by atoms with Crippen LogP contribution in [0.2, 0.25) is 0 Å². The first-order chi connectivity index (χ1) is 15.9. The van der Waals surface area contributed by atoms with Crippen LogP contribution in [0.1, 0.15) is 21.6 Å². The molecular formula is C21H20N6O6. The molecule has 0 spiro atoms. The third-order valence-corrected chi connectivity index (χ3v) is 4.30. The zero-order valence-electron chi connectivity index (χ0n) is 17.5. The molecule has 33 heavy (non-hydrogen) atoms. The smallest absolute Gasteiger partial charge is 0.291 e. The number of rotatable bonds is 10. The Balaban J connectivity index is 1.59. The number of nitrogens with two attached hydrogens (primary N) is 1. The number of carbonyl (C=O) groups is 2. The second-order valence-electron chi connectivity index (χ2n) is 6.69. The topological polar surface area (TPSA) is 164 Å². The predicted octanol–water partition coefficient (Wildman–Crippen LogP) is 1.48. The Morgan fingerprint density at radius 2 is 1.97 bits per heavy atom. The molecule has 0 saturated carbocycles. The third kappa shape index (κ3) is 6.37. The number of hydrazone groups is 1. The molecule has 1 heterocycles. The molecule has 12 heteroatoms. The Bertz CT molecular complexity index is 1190. The van der Waals surface area contributed by atoms with Gasteiger partial charge in [-0.3, -0.25) is 24.4 Å². The molecule has 0 aliphatic carbocycles. The minimum atomic E-state index is -0.628. The molecule has 0 atom stereocenters. The molecular weight excluding hydrogens is 432 g/mol. The van der Waals surface area contributed by atoms with Crippen molar-refractivity contribution in [3.05, 3.63) is 81.7 Å². The first-order valence-electron chi connectivity index (χ1n) is 9.55. The maximum atomic E-state index is 12.3. The summed E-state index contributed by atoms with van der Waals surface area (Å²) in [5.74, 6) is -0.434. The number of hydrogen-bond acceptors (Lipinski definition) is 8. The molecule has 1 aromatic heterocycles. The zero-order chi connectivity index (χ0) is 23.8. The molecule has 3 N–H and O–H groups in total. The molecule has 0 bridgehead atoms. The number of aromatic nitrogens is 2. The van der Waals surface area contributed by atoms with Gasteiger partial charge >= 0.3 is 0 Å². The van der Waals surface area contributed by atoms with Crippen LogP contribution in [0.25, 0.3) is 0 Å². The van der Waals surface area contributed by atoms with Crippen molar-refractivity contribution < 1.29 is 24.0 Å². The maximum absolute atomic E-state index is 12.3. The lowest BCUT2D eigenvalue weighted by Gasteiger charge is -2.09. The van der Waals surface area contributed by atoms with E-state index in [2.05, 4.69) is 15.6 Å². The van der Waals surface area contributed by atoms with E-state index in [0.717, 1.165) is 5.56 Å². The van der Waals surface area contributed by atoms with E-state index in [4.69, 9.17) is 15.2 Å². The van der Waals surface area contributed by atoms with Crippen molar-refractivity contribution in [3.63, 3.8) is 0 Å². The number of nitro groups is 1. The van der Waals surface area contributed by atoms with E-state index < -0.39 is 16.7 Å². The highest BCUT2D eigenvalue weighted by atomic mass is 16.6. The fraction of sp³-hybridized carbons (Fsp3) is 0.143. The van der Waals surface area contributed by atoms with Gasteiger partial charge in [0.25, 0.3) is 17.5 Å². The summed E-state index contributed by atoms with van der Waals surface area (Å²) in [6.07, 6.45) is 3.01. The van der Waals surface area contributed by atoms with Crippen molar-refractivity contribution in [1.29, 1.82) is 0 Å². The molecule has 3 rings (SSSR count). The normalized spacial score (nSPS) is 10.7. The van der Waals surface area contributed by atoms with Gasteiger partial charge in [-0.25, -0.2) is 5.43 Å². The van der Waals surface area contributed by atoms with Crippen LogP contribution in [0.3, 0.4) is 0 Å². The average Bonchev–Trinajstić information content (AvgIpc) is 3.26. The van der Waals surface area contributed by atoms with Crippen LogP contribution in [0.4, 0.5) is 5.69 Å². The van der Waals surface area contributed by atoms with E-state index in [0.29, 0.717) is 23.6 Å². The van der Waals surface area contributed by atoms with Crippen LogP contribution in [-0.4, -0.2) is 46.4 Å². The highest BCUT2D eigenvalue weighted by molar-refractivity contribution is 5.93. The quantitative estimate of drug-likeness (QED) is 0.267. The van der Waals surface area contributed by atoms with Crippen molar-refractivity contribution in [2.75, 3.05) is 13.7 Å². The molecule has 0 unspecified atom stereocenters. The number of non-ortho nitro benzene ring substituents is 1. The van der Waals surface area contributed by atoms with Crippen LogP contribution in [0, 0.1) is 10.1 Å². The van der Waals surface area contributed by atoms with Gasteiger partial charge in [-0.2, -0.15) is 10.2 Å². The molecule has 2 aromatic carbocycles. The van der Waals surface area contributed by atoms with Crippen molar-refractivity contribution >= 4 is 23.7 Å². The Kier molecular flexibility index (Phi) is 7.32. The maximum Gasteiger partial charge on any atom is 0.291 e. The van der Waals surface area contributed by atoms with Gasteiger partial charge in [0.05, 0.1) is 24.8 Å². The van der Waals surface area contributed by atoms with Crippen molar-refractivity contribution in [2.24, 2.45) is 10.8 Å². The van der Waals surface area contributed by atoms with Gasteiger partial charge in [0, 0.05) is 18.3 Å². The molecule has 0 saturated heterocycles. The van der Waals surface area contributed by atoms with E-state index in [1.54, 1.807) is 36.5 Å². The number of ether oxygens (including phenoxy) is 2. The second-order valence-corrected chi connectivity index (χ2v) is 6.69. The van der Waals surface area contributed by atoms with Crippen LogP contribution in [0.15, 0.2) is 59.8 Å². The highest BCUT2D eigenvalue weighted by Crippen LogP contribution is 2.27. The number of hydrogen-bond donors (Lipinski definition) is 2. The van der Waals surface area contributed by atoms with Crippen LogP contribution < -0.4 is 20.6 Å². The van der Waals surface area contributed by atoms with E-state index in [9.17, 15) is 19.7 Å². The van der Waals surface area contributed by atoms with E-state index in [-0.39, 0.29) is 18.0 Å². The molecule has 3 aromatic rings. The van der Waals surface area contributed by atoms with Crippen LogP contribution >= 0.6 is 0 Å². The minimum absolute atomic E-state index is 0.000515. The number of methoxy groups -OCH3 is 1. The molecule has 170 valence electrons. The molecule has 0 fully saturated rings. The van der Waals surface area contributed by atoms with Crippen molar-refractivity contribution in [3.8, 4) is 11.5 Å². The molecule has 0 radical (unpaired) electrons. The molecule has 0 aliphatic heterocycles. The lowest BCUT2D eigenvalue weighted by molar-refractivity contribution is -0.384. The summed E-state index contributed by atoms with van der Waals surface area (Å²) >= 11 is 0. The fourth-order valence-electron chi connectivity index (χ4n) is 2.74. The van der Waals surface area contributed by atoms with Gasteiger partial charge in [-0.05, 0) is 35.4 Å². The predicted molar refractivity (Wildman–Crippen MR) is 117 cm³/mol. The van der Waals surface area contributed by atoms with Gasteiger partial charge in [-0.1, -0.05) is 12.1 Å². The zero-order valence-corrected chi connectivity index (χ0v) is 17.5. The monoisotopic (exact) mass is 452 g/mol. The SMILES string of the molecule is COc1ccc(/C=N/NC(=O)c2ccn(Cc3ccc([N+](=O)[O-])cc3)n2)cc1OCC(N)=O. The summed E-state index contributed by atoms with van der Waals surface area (Å²) in [6.45, 7) is 0.0324. The fourth-order valence-corrected chi connectivity index (χ4v) is 2.74. The van der Waals surface area contributed by atoms with Gasteiger partial charge < -0.3 is 15.2 Å². The number of amides is 2. The average molecular weight is 452 g/mol. The molecule has 0 aliphatic rings. The number of nitrogens with zero attached hydrogens (tertiary/aromatic N) is 4. The van der Waals surface area contributed by atoms with Crippen molar-refractivity contribution in [2.45, 2.75) is 6.54 Å². The van der Waals surface area contributed by atoms with Gasteiger partial charge in [-0.15, -0.1) is 0 Å². The Morgan fingerprint density at radius 3 is 2.64 bits per heavy atom. The largest absolute Gasteiger partial charge is 0.493 e. The first kappa shape index (κ1) is 22.9. The van der Waals surface area contributed by atoms with Gasteiger partial charge in [0.2, 0.25) is 0 Å². The Morgan fingerprint density at radius 1 is 1.21 bits per heavy atom. The minimum Gasteiger partial charge on any atom is -0.493 e. The second kappa shape index (κ2) is 10.5. The van der Waals surface area contributed by atoms with E-state index in [1.165, 1.54) is 36.2 Å². The summed E-state index contributed by atoms with van der Waals surface area (Å²) in [6, 6.07) is 12.5. The number of nitro benzene ring substituents is 1. The first-order valence-corrected chi connectivity index (χ1v) is 9.55. The standard InChI is InChI=1S/C21H20N6O6/c1-32-18-7-4-15(10-19(18)33-13-20(22)28)11-23-24-21(29)17-8-9-26(25-17)12-14-2-5-16(6-3-14)27(30)31/h2-11H,12-13H2,1H3,(H2,22,28)(H,24,29)/b23-11+. The Labute approximate surface area is 187 Å². The lowest BCUT2D eigenvalue weighted by Crippen LogP contribution is -2.20. The molecule has 12 nitrogen and oxygen atoms in total. The van der Waals surface area contributed by atoms with Crippen molar-refractivity contribution in [1.82, 2.24) is 15.2 Å². The summed E-state index contributed by atoms with van der Waals surface area (Å²) < 4.78 is 12.0. The van der Waals surface area contributed by atoms with Gasteiger partial charge in [0.15, 0.2) is 23.8 Å². The number of carbonyl (C=O) groups excluding carboxylic acids is 2. The van der Waals surface area contributed by atoms with Crippen LogP contribution in [-0.2, 0) is 11.3 Å². The van der Waals surface area contributed by atoms with E-state index in [1.807, 2.05) is 0 Å². The summed E-state index contributed by atoms with van der Waals surface area (Å²) in [5.41, 5.74) is 8.99. The van der Waals surface area contributed by atoms with E-state index >= 15 is 0 Å². The van der Waals surface area contributed by atoms with Gasteiger partial charge in [0.1, 0.15) is 0 Å².